The van der Waals surface area contributed by atoms with Crippen LogP contribution in [-0.4, -0.2) is 34.1 Å². The summed E-state index contributed by atoms with van der Waals surface area (Å²) in [6.07, 6.45) is 5.30. The second kappa shape index (κ2) is 10.5. The minimum Gasteiger partial charge on any atom is -0.476 e. The Bertz CT molecular complexity index is 575. The minimum atomic E-state index is -1.09. The van der Waals surface area contributed by atoms with Crippen LogP contribution in [0.25, 0.3) is 0 Å². The molecule has 0 heterocycles. The van der Waals surface area contributed by atoms with Crippen LogP contribution in [0.5, 0.6) is 0 Å². The van der Waals surface area contributed by atoms with Gasteiger partial charge in [-0.05, 0) is 13.8 Å². The van der Waals surface area contributed by atoms with Crippen LogP contribution >= 0.6 is 0 Å². The molecule has 0 spiro atoms. The molecule has 1 N–H and O–H groups in total. The molecule has 0 radical (unpaired) electrons. The number of hydrogen-bond donors (Lipinski definition) is 1. The van der Waals surface area contributed by atoms with Gasteiger partial charge in [-0.2, -0.15) is 0 Å². The molecule has 0 aliphatic rings. The molecular formula is C13H16N2O8. The van der Waals surface area contributed by atoms with Crippen LogP contribution in [0.1, 0.15) is 13.8 Å². The third-order valence-electron chi connectivity index (χ3n) is 2.11. The fourth-order valence-electron chi connectivity index (χ4n) is 1.19. The first kappa shape index (κ1) is 19.8. The minimum absolute atomic E-state index is 0.0126. The van der Waals surface area contributed by atoms with E-state index in [4.69, 9.17) is 0 Å². The van der Waals surface area contributed by atoms with Gasteiger partial charge in [0.25, 0.3) is 0 Å². The van der Waals surface area contributed by atoms with Crippen molar-refractivity contribution in [3.8, 4) is 0 Å². The Kier molecular flexibility index (Phi) is 9.09. The van der Waals surface area contributed by atoms with E-state index in [1.807, 2.05) is 0 Å². The van der Waals surface area contributed by atoms with Crippen LogP contribution < -0.4 is 0 Å². The molecule has 0 bridgehead atoms. The van der Waals surface area contributed by atoms with Crippen molar-refractivity contribution in [1.82, 2.24) is 0 Å². The molecule has 0 unspecified atom stereocenters. The molecule has 0 atom stereocenters. The van der Waals surface area contributed by atoms with Crippen LogP contribution in [0.4, 0.5) is 0 Å². The summed E-state index contributed by atoms with van der Waals surface area (Å²) in [5.41, 5.74) is -1.46. The first-order valence-corrected chi connectivity index (χ1v) is 6.42. The zero-order valence-corrected chi connectivity index (χ0v) is 12.5. The third kappa shape index (κ3) is 7.41. The number of nitrogens with zero attached hydrogens (tertiary/aromatic N) is 2. The summed E-state index contributed by atoms with van der Waals surface area (Å²) in [6, 6.07) is 0. The maximum atomic E-state index is 11.3. The van der Waals surface area contributed by atoms with E-state index in [2.05, 4.69) is 9.47 Å². The van der Waals surface area contributed by atoms with Crippen molar-refractivity contribution < 1.29 is 29.2 Å². The highest BCUT2D eigenvalue weighted by molar-refractivity contribution is 5.86. The summed E-state index contributed by atoms with van der Waals surface area (Å²) in [4.78, 5) is 30.9. The monoisotopic (exact) mass is 328 g/mol. The van der Waals surface area contributed by atoms with E-state index >= 15 is 0 Å². The Morgan fingerprint density at radius 2 is 1.65 bits per heavy atom. The quantitative estimate of drug-likeness (QED) is 0.169. The second-order valence-electron chi connectivity index (χ2n) is 3.65. The Hall–Kier alpha value is -3.17. The topological polar surface area (TPSA) is 142 Å². The number of nitro groups is 2. The summed E-state index contributed by atoms with van der Waals surface area (Å²) in [6.45, 7) is 3.07. The average Bonchev–Trinajstić information content (AvgIpc) is 2.45. The van der Waals surface area contributed by atoms with Crippen LogP contribution in [0.3, 0.4) is 0 Å². The number of carbonyl (C=O) groups excluding carboxylic acids is 1. The molecule has 0 rings (SSSR count). The molecule has 0 amide bonds. The summed E-state index contributed by atoms with van der Waals surface area (Å²) < 4.78 is 9.11. The van der Waals surface area contributed by atoms with Gasteiger partial charge in [0, 0.05) is 12.2 Å². The number of ether oxygens (including phenoxy) is 2. The highest BCUT2D eigenvalue weighted by atomic mass is 16.6. The van der Waals surface area contributed by atoms with Crippen molar-refractivity contribution in [2.45, 2.75) is 13.8 Å². The molecule has 0 saturated heterocycles. The lowest BCUT2D eigenvalue weighted by atomic mass is 10.3. The van der Waals surface area contributed by atoms with Gasteiger partial charge in [-0.1, -0.05) is 18.2 Å². The van der Waals surface area contributed by atoms with E-state index in [-0.39, 0.29) is 13.2 Å². The molecule has 0 saturated carbocycles. The molecule has 0 aromatic heterocycles. The predicted octanol–water partition coefficient (Wildman–Crippen LogP) is 1.86. The smallest absolute Gasteiger partial charge is 0.409 e. The van der Waals surface area contributed by atoms with Crippen LogP contribution in [0.2, 0.25) is 0 Å². The van der Waals surface area contributed by atoms with Gasteiger partial charge in [0.2, 0.25) is 0 Å². The molecule has 0 aliphatic carbocycles. The standard InChI is InChI=1S/C13H16N2O8/c1-3-22-12(16)10(14(18)19)8-6-5-7-9-11(15(20)21)13(17)23-4-2/h5-9,16H,3-4H2,1-2H3. The first-order chi connectivity index (χ1) is 10.8. The molecule has 10 nitrogen and oxygen atoms in total. The van der Waals surface area contributed by atoms with Crippen molar-refractivity contribution in [3.05, 3.63) is 67.9 Å². The Morgan fingerprint density at radius 1 is 1.04 bits per heavy atom. The van der Waals surface area contributed by atoms with Crippen molar-refractivity contribution >= 4 is 5.97 Å². The van der Waals surface area contributed by atoms with Gasteiger partial charge < -0.3 is 14.6 Å². The van der Waals surface area contributed by atoms with Gasteiger partial charge in [0.15, 0.2) is 0 Å². The summed E-state index contributed by atoms with van der Waals surface area (Å²) in [7, 11) is 0. The number of hydrogen-bond acceptors (Lipinski definition) is 8. The van der Waals surface area contributed by atoms with Gasteiger partial charge in [-0.25, -0.2) is 4.79 Å². The van der Waals surface area contributed by atoms with Crippen molar-refractivity contribution in [2.24, 2.45) is 0 Å². The van der Waals surface area contributed by atoms with Crippen LogP contribution in [-0.2, 0) is 14.3 Å². The van der Waals surface area contributed by atoms with E-state index in [1.54, 1.807) is 0 Å². The summed E-state index contributed by atoms with van der Waals surface area (Å²) in [5, 5.41) is 30.7. The van der Waals surface area contributed by atoms with Gasteiger partial charge >= 0.3 is 23.3 Å². The van der Waals surface area contributed by atoms with E-state index < -0.39 is 33.2 Å². The maximum absolute atomic E-state index is 11.3. The second-order valence-corrected chi connectivity index (χ2v) is 3.65. The molecule has 10 heteroatoms. The fourth-order valence-corrected chi connectivity index (χ4v) is 1.19. The van der Waals surface area contributed by atoms with Gasteiger partial charge in [0.1, 0.15) is 0 Å². The number of rotatable bonds is 9. The first-order valence-electron chi connectivity index (χ1n) is 6.42. The number of aliphatic hydroxyl groups is 1. The molecule has 23 heavy (non-hydrogen) atoms. The highest BCUT2D eigenvalue weighted by Gasteiger charge is 2.21. The third-order valence-corrected chi connectivity index (χ3v) is 2.11. The lowest BCUT2D eigenvalue weighted by Crippen LogP contribution is -2.14. The van der Waals surface area contributed by atoms with Gasteiger partial charge in [-0.3, -0.25) is 20.2 Å². The van der Waals surface area contributed by atoms with Crippen LogP contribution in [0.15, 0.2) is 47.7 Å². The van der Waals surface area contributed by atoms with Gasteiger partial charge in [-0.15, -0.1) is 0 Å². The number of allylic oxidation sites excluding steroid dienone is 5. The molecule has 0 aromatic carbocycles. The van der Waals surface area contributed by atoms with E-state index in [0.717, 1.165) is 24.3 Å². The fraction of sp³-hybridized carbons (Fsp3) is 0.308. The van der Waals surface area contributed by atoms with Crippen molar-refractivity contribution in [3.63, 3.8) is 0 Å². The normalized spacial score (nSPS) is 13.0. The Morgan fingerprint density at radius 3 is 2.13 bits per heavy atom. The average molecular weight is 328 g/mol. The Labute approximate surface area is 131 Å². The zero-order chi connectivity index (χ0) is 17.8. The van der Waals surface area contributed by atoms with Gasteiger partial charge in [0.05, 0.1) is 23.1 Å². The highest BCUT2D eigenvalue weighted by Crippen LogP contribution is 2.06. The van der Waals surface area contributed by atoms with E-state index in [9.17, 15) is 30.1 Å². The van der Waals surface area contributed by atoms with E-state index in [1.165, 1.54) is 19.9 Å². The molecule has 0 fully saturated rings. The lowest BCUT2D eigenvalue weighted by Gasteiger charge is -1.99. The largest absolute Gasteiger partial charge is 0.476 e. The number of esters is 1. The van der Waals surface area contributed by atoms with Crippen LogP contribution in [0, 0.1) is 20.2 Å². The van der Waals surface area contributed by atoms with E-state index in [0.29, 0.717) is 0 Å². The summed E-state index contributed by atoms with van der Waals surface area (Å²) >= 11 is 0. The summed E-state index contributed by atoms with van der Waals surface area (Å²) in [5.74, 6) is -1.94. The maximum Gasteiger partial charge on any atom is 0.409 e. The number of aliphatic hydroxyl groups excluding tert-OH is 1. The molecule has 126 valence electrons. The zero-order valence-electron chi connectivity index (χ0n) is 12.5. The molecule has 0 aromatic rings. The Balaban J connectivity index is 5.11. The van der Waals surface area contributed by atoms with Crippen molar-refractivity contribution in [2.75, 3.05) is 13.2 Å². The number of carbonyl (C=O) groups is 1. The van der Waals surface area contributed by atoms with Crippen molar-refractivity contribution in [1.29, 1.82) is 0 Å². The molecular weight excluding hydrogens is 312 g/mol. The lowest BCUT2D eigenvalue weighted by molar-refractivity contribution is -0.424. The predicted molar refractivity (Wildman–Crippen MR) is 78.3 cm³/mol. The molecule has 0 aliphatic heterocycles. The SMILES string of the molecule is CCOC(=O)C(=CC=CC=CC(=C(O)OCC)[N+](=O)[O-])[N+](=O)[O-].